The minimum absolute atomic E-state index is 0.644. The number of rotatable bonds is 10. The van der Waals surface area contributed by atoms with E-state index in [0.29, 0.717) is 0 Å². The Kier molecular flexibility index (Phi) is 12.8. The molecule has 0 spiro atoms. The maximum Gasteiger partial charge on any atom is 0.187 e. The summed E-state index contributed by atoms with van der Waals surface area (Å²) in [6.45, 7) is -2.90. The molecule has 14 N–H and O–H groups in total. The van der Waals surface area contributed by atoms with Gasteiger partial charge >= 0.3 is 0 Å². The first kappa shape index (κ1) is 37.0. The van der Waals surface area contributed by atoms with Gasteiger partial charge < -0.3 is 105 Å². The molecule has 0 saturated carbocycles. The molecule has 0 radical (unpaired) electrons. The van der Waals surface area contributed by atoms with Crippen LogP contribution in [0.15, 0.2) is 0 Å². The Hall–Kier alpha value is -0.840. The topological polar surface area (TPSA) is 348 Å². The second-order valence-corrected chi connectivity index (χ2v) is 11.2. The number of aliphatic hydroxyl groups is 14. The molecule has 0 aliphatic carbocycles. The summed E-state index contributed by atoms with van der Waals surface area (Å²) in [6.07, 6.45) is -34.6. The zero-order chi connectivity index (χ0) is 33.3. The number of aliphatic hydroxyl groups excluding tert-OH is 14. The van der Waals surface area contributed by atoms with Crippen molar-refractivity contribution >= 4 is 0 Å². The van der Waals surface area contributed by atoms with E-state index >= 15 is 0 Å². The molecule has 4 fully saturated rings. The van der Waals surface area contributed by atoms with Crippen molar-refractivity contribution in [2.24, 2.45) is 0 Å². The van der Waals surface area contributed by atoms with Gasteiger partial charge in [0.25, 0.3) is 0 Å². The summed E-state index contributed by atoms with van der Waals surface area (Å²) in [7, 11) is 0. The summed E-state index contributed by atoms with van der Waals surface area (Å²) >= 11 is 0. The van der Waals surface area contributed by atoms with E-state index in [2.05, 4.69) is 0 Å². The third kappa shape index (κ3) is 7.75. The lowest BCUT2D eigenvalue weighted by Gasteiger charge is -2.46. The molecular formula is C24H42O21. The molecule has 0 amide bonds. The summed E-state index contributed by atoms with van der Waals surface area (Å²) in [5.41, 5.74) is 0. The third-order valence-electron chi connectivity index (χ3n) is 8.17. The molecule has 4 aliphatic heterocycles. The van der Waals surface area contributed by atoms with Gasteiger partial charge in [-0.3, -0.25) is 0 Å². The lowest BCUT2D eigenvalue weighted by Crippen LogP contribution is -2.65. The maximum atomic E-state index is 10.5. The molecule has 0 bridgehead atoms. The van der Waals surface area contributed by atoms with Crippen molar-refractivity contribution in [1.29, 1.82) is 0 Å². The molecule has 4 rings (SSSR count). The normalized spacial score (nSPS) is 52.9. The average molecular weight is 667 g/mol. The molecular weight excluding hydrogens is 624 g/mol. The molecule has 21 nitrogen and oxygen atoms in total. The molecule has 45 heavy (non-hydrogen) atoms. The van der Waals surface area contributed by atoms with Crippen LogP contribution in [0.1, 0.15) is 0 Å². The van der Waals surface area contributed by atoms with Gasteiger partial charge in [-0.15, -0.1) is 0 Å². The fourth-order valence-electron chi connectivity index (χ4n) is 5.33. The van der Waals surface area contributed by atoms with Crippen molar-refractivity contribution in [3.8, 4) is 0 Å². The fourth-order valence-corrected chi connectivity index (χ4v) is 5.33. The Morgan fingerprint density at radius 2 is 0.778 bits per heavy atom. The SMILES string of the molecule is OC[C@@H]1O[C@@H](O)[C@@H](O)[C@H](O)C1O[C@@H]1O[C@@H](CO[C@H]2O[C@H](CO[C@H]3O[C@H](CO)[C@H](O)[C@H](O)[C@H]3O)[C@H](O)[C@H](O)C2O)[C@@H](O)[C@@H](O)[C@@H]1O. The van der Waals surface area contributed by atoms with Crippen LogP contribution in [0.4, 0.5) is 0 Å². The van der Waals surface area contributed by atoms with Crippen LogP contribution in [0, 0.1) is 0 Å². The smallest absolute Gasteiger partial charge is 0.187 e. The van der Waals surface area contributed by atoms with E-state index in [1.54, 1.807) is 0 Å². The van der Waals surface area contributed by atoms with Crippen molar-refractivity contribution in [2.45, 2.75) is 123 Å². The average Bonchev–Trinajstić information content (AvgIpc) is 3.03. The molecule has 264 valence electrons. The maximum absolute atomic E-state index is 10.5. The molecule has 0 aromatic heterocycles. The first-order valence-corrected chi connectivity index (χ1v) is 14.1. The molecule has 20 atom stereocenters. The fraction of sp³-hybridized carbons (Fsp3) is 1.00. The first-order valence-electron chi connectivity index (χ1n) is 14.1. The van der Waals surface area contributed by atoms with Crippen LogP contribution in [-0.2, 0) is 33.2 Å². The molecule has 2 unspecified atom stereocenters. The second kappa shape index (κ2) is 15.6. The third-order valence-corrected chi connectivity index (χ3v) is 8.17. The molecule has 21 heteroatoms. The van der Waals surface area contributed by atoms with E-state index in [4.69, 9.17) is 33.2 Å². The lowest BCUT2D eigenvalue weighted by molar-refractivity contribution is -0.363. The standard InChI is InChI=1S/C24H42O21/c25-1-5-9(27)12(30)17(35)22(42-5)39-3-7-10(28)13(31)18(36)23(43-7)40-4-8-11(29)14(32)19(37)24(44-8)45-20-6(2-26)41-21(38)16(34)15(20)33/h5-38H,1-4H2/t5-,6+,7-,8+,9+,10+,11-,12+,13+,14-,15+,16+,17-,18?,19+,20?,21-,22+,23+,24+/m1/s1. The van der Waals surface area contributed by atoms with Crippen LogP contribution < -0.4 is 0 Å². The van der Waals surface area contributed by atoms with Crippen LogP contribution in [0.2, 0.25) is 0 Å². The van der Waals surface area contributed by atoms with Crippen LogP contribution in [0.5, 0.6) is 0 Å². The van der Waals surface area contributed by atoms with Crippen molar-refractivity contribution in [3.05, 3.63) is 0 Å². The Balaban J connectivity index is 1.37. The van der Waals surface area contributed by atoms with Gasteiger partial charge in [-0.1, -0.05) is 0 Å². The van der Waals surface area contributed by atoms with Gasteiger partial charge in [-0.2, -0.15) is 0 Å². The van der Waals surface area contributed by atoms with E-state index < -0.39 is 149 Å². The van der Waals surface area contributed by atoms with Gasteiger partial charge in [0.15, 0.2) is 25.2 Å². The van der Waals surface area contributed by atoms with Crippen molar-refractivity contribution in [2.75, 3.05) is 26.4 Å². The second-order valence-electron chi connectivity index (χ2n) is 11.2. The summed E-state index contributed by atoms with van der Waals surface area (Å²) in [6, 6.07) is 0. The summed E-state index contributed by atoms with van der Waals surface area (Å²) < 4.78 is 37.4. The Labute approximate surface area is 254 Å². The highest BCUT2D eigenvalue weighted by Gasteiger charge is 2.52. The van der Waals surface area contributed by atoms with Crippen molar-refractivity contribution < 1.29 is 105 Å². The zero-order valence-electron chi connectivity index (χ0n) is 23.5. The van der Waals surface area contributed by atoms with E-state index in [1.807, 2.05) is 0 Å². The predicted octanol–water partition coefficient (Wildman–Crippen LogP) is -9.75. The molecule has 0 aromatic rings. The zero-order valence-corrected chi connectivity index (χ0v) is 23.5. The van der Waals surface area contributed by atoms with Crippen LogP contribution in [0.3, 0.4) is 0 Å². The lowest BCUT2D eigenvalue weighted by atomic mass is 9.97. The molecule has 4 heterocycles. The van der Waals surface area contributed by atoms with Gasteiger partial charge in [0.1, 0.15) is 97.7 Å². The molecule has 0 aromatic carbocycles. The van der Waals surface area contributed by atoms with Gasteiger partial charge in [0.05, 0.1) is 26.4 Å². The highest BCUT2D eigenvalue weighted by atomic mass is 16.8. The first-order chi connectivity index (χ1) is 21.2. The minimum atomic E-state index is -1.94. The highest BCUT2D eigenvalue weighted by Crippen LogP contribution is 2.30. The minimum Gasteiger partial charge on any atom is -0.394 e. The summed E-state index contributed by atoms with van der Waals surface area (Å²) in [4.78, 5) is 0. The largest absolute Gasteiger partial charge is 0.394 e. The highest BCUT2D eigenvalue weighted by molar-refractivity contribution is 4.95. The van der Waals surface area contributed by atoms with Crippen molar-refractivity contribution in [1.82, 2.24) is 0 Å². The van der Waals surface area contributed by atoms with E-state index in [0.717, 1.165) is 0 Å². The monoisotopic (exact) mass is 666 g/mol. The van der Waals surface area contributed by atoms with Crippen LogP contribution in [0.25, 0.3) is 0 Å². The van der Waals surface area contributed by atoms with Crippen LogP contribution in [-0.4, -0.2) is 221 Å². The number of hydrogen-bond donors (Lipinski definition) is 14. The van der Waals surface area contributed by atoms with Gasteiger partial charge in [0, 0.05) is 0 Å². The van der Waals surface area contributed by atoms with Crippen molar-refractivity contribution in [3.63, 3.8) is 0 Å². The summed E-state index contributed by atoms with van der Waals surface area (Å²) in [5.74, 6) is 0. The van der Waals surface area contributed by atoms with Gasteiger partial charge in [0.2, 0.25) is 0 Å². The van der Waals surface area contributed by atoms with E-state index in [9.17, 15) is 71.5 Å². The summed E-state index contributed by atoms with van der Waals surface area (Å²) in [5, 5.41) is 141. The quantitative estimate of drug-likeness (QED) is 0.103. The molecule has 4 saturated heterocycles. The predicted molar refractivity (Wildman–Crippen MR) is 134 cm³/mol. The van der Waals surface area contributed by atoms with Gasteiger partial charge in [-0.05, 0) is 0 Å². The Morgan fingerprint density at radius 3 is 1.24 bits per heavy atom. The van der Waals surface area contributed by atoms with Gasteiger partial charge in [-0.25, -0.2) is 0 Å². The van der Waals surface area contributed by atoms with E-state index in [-0.39, 0.29) is 0 Å². The number of hydrogen-bond acceptors (Lipinski definition) is 21. The Morgan fingerprint density at radius 1 is 0.378 bits per heavy atom. The van der Waals surface area contributed by atoms with Crippen LogP contribution >= 0.6 is 0 Å². The van der Waals surface area contributed by atoms with E-state index in [1.165, 1.54) is 0 Å². The number of ether oxygens (including phenoxy) is 7. The Bertz CT molecular complexity index is 914. The molecule has 4 aliphatic rings.